The molecule has 0 spiro atoms. The van der Waals surface area contributed by atoms with Crippen molar-refractivity contribution in [2.24, 2.45) is 0 Å². The maximum atomic E-state index is 11.7. The van der Waals surface area contributed by atoms with Crippen molar-refractivity contribution in [3.63, 3.8) is 0 Å². The first-order valence-corrected chi connectivity index (χ1v) is 9.07. The quantitative estimate of drug-likeness (QED) is 0.837. The molecule has 1 atom stereocenters. The second kappa shape index (κ2) is 7.42. The van der Waals surface area contributed by atoms with E-state index in [1.807, 2.05) is 24.3 Å². The van der Waals surface area contributed by atoms with Gasteiger partial charge in [0.15, 0.2) is 5.78 Å². The van der Waals surface area contributed by atoms with Gasteiger partial charge in [-0.15, -0.1) is 0 Å². The lowest BCUT2D eigenvalue weighted by atomic mass is 9.97. The molecule has 2 aromatic rings. The molecule has 1 aliphatic rings. The Morgan fingerprint density at radius 3 is 2.62 bits per heavy atom. The summed E-state index contributed by atoms with van der Waals surface area (Å²) in [6, 6.07) is 16.1. The monoisotopic (exact) mass is 350 g/mol. The zero-order valence-corrected chi connectivity index (χ0v) is 15.7. The van der Waals surface area contributed by atoms with Gasteiger partial charge < -0.3 is 5.32 Å². The summed E-state index contributed by atoms with van der Waals surface area (Å²) in [5, 5.41) is 3.08. The molecule has 4 nitrogen and oxygen atoms in total. The number of nitrogens with one attached hydrogen (secondary N) is 1. The van der Waals surface area contributed by atoms with Crippen LogP contribution in [0.2, 0.25) is 0 Å². The SMILES string of the molecule is CC(=O)NC1(C)CCN(Cc2ccccc2-c2cccc(C(C)=O)c2)C1. The average Bonchev–Trinajstić information content (AvgIpc) is 2.95. The minimum atomic E-state index is -0.157. The number of rotatable bonds is 5. The van der Waals surface area contributed by atoms with Gasteiger partial charge in [0.25, 0.3) is 0 Å². The number of benzene rings is 2. The Bertz CT molecular complexity index is 830. The van der Waals surface area contributed by atoms with E-state index in [1.165, 1.54) is 5.56 Å². The van der Waals surface area contributed by atoms with E-state index >= 15 is 0 Å². The van der Waals surface area contributed by atoms with Gasteiger partial charge >= 0.3 is 0 Å². The van der Waals surface area contributed by atoms with Crippen molar-refractivity contribution in [3.05, 3.63) is 59.7 Å². The van der Waals surface area contributed by atoms with Gasteiger partial charge in [-0.2, -0.15) is 0 Å². The number of hydrogen-bond donors (Lipinski definition) is 1. The van der Waals surface area contributed by atoms with Crippen LogP contribution in [0.4, 0.5) is 0 Å². The van der Waals surface area contributed by atoms with Gasteiger partial charge in [0.05, 0.1) is 5.54 Å². The molecule has 3 rings (SSSR count). The van der Waals surface area contributed by atoms with E-state index < -0.39 is 0 Å². The molecule has 1 saturated heterocycles. The summed E-state index contributed by atoms with van der Waals surface area (Å²) in [6.07, 6.45) is 0.953. The Morgan fingerprint density at radius 2 is 1.88 bits per heavy atom. The van der Waals surface area contributed by atoms with E-state index in [0.717, 1.165) is 42.7 Å². The predicted octanol–water partition coefficient (Wildman–Crippen LogP) is 3.66. The van der Waals surface area contributed by atoms with Gasteiger partial charge in [-0.3, -0.25) is 14.5 Å². The highest BCUT2D eigenvalue weighted by Gasteiger charge is 2.34. The van der Waals surface area contributed by atoms with E-state index in [0.29, 0.717) is 0 Å². The molecule has 1 N–H and O–H groups in total. The molecule has 0 aromatic heterocycles. The summed E-state index contributed by atoms with van der Waals surface area (Å²) >= 11 is 0. The zero-order chi connectivity index (χ0) is 18.7. The lowest BCUT2D eigenvalue weighted by molar-refractivity contribution is -0.120. The molecular formula is C22H26N2O2. The Labute approximate surface area is 155 Å². The van der Waals surface area contributed by atoms with Crippen LogP contribution in [0.3, 0.4) is 0 Å². The molecule has 0 aliphatic carbocycles. The van der Waals surface area contributed by atoms with Gasteiger partial charge in [0.2, 0.25) is 5.91 Å². The average molecular weight is 350 g/mol. The van der Waals surface area contributed by atoms with Gasteiger partial charge in [-0.25, -0.2) is 0 Å². The van der Waals surface area contributed by atoms with E-state index in [9.17, 15) is 9.59 Å². The number of carbonyl (C=O) groups excluding carboxylic acids is 2. The fourth-order valence-electron chi connectivity index (χ4n) is 3.80. The number of Topliss-reactive ketones (excluding diaryl/α,β-unsaturated/α-hetero) is 1. The normalized spacial score (nSPS) is 20.1. The van der Waals surface area contributed by atoms with Crippen LogP contribution < -0.4 is 5.32 Å². The van der Waals surface area contributed by atoms with Gasteiger partial charge in [0, 0.05) is 32.1 Å². The number of hydrogen-bond acceptors (Lipinski definition) is 3. The molecule has 1 aliphatic heterocycles. The standard InChI is InChI=1S/C22H26N2O2/c1-16(25)18-8-6-9-19(13-18)21-10-5-4-7-20(21)14-24-12-11-22(3,15-24)23-17(2)26/h4-10,13H,11-12,14-15H2,1-3H3,(H,23,26). The summed E-state index contributed by atoms with van der Waals surface area (Å²) in [5.41, 5.74) is 4.04. The summed E-state index contributed by atoms with van der Waals surface area (Å²) in [7, 11) is 0. The topological polar surface area (TPSA) is 49.4 Å². The fourth-order valence-corrected chi connectivity index (χ4v) is 3.80. The van der Waals surface area contributed by atoms with Crippen LogP contribution in [0.5, 0.6) is 0 Å². The molecule has 4 heteroatoms. The first-order valence-electron chi connectivity index (χ1n) is 9.07. The molecule has 2 aromatic carbocycles. The largest absolute Gasteiger partial charge is 0.350 e. The lowest BCUT2D eigenvalue weighted by Crippen LogP contribution is -2.46. The molecule has 1 amide bonds. The number of carbonyl (C=O) groups is 2. The second-order valence-corrected chi connectivity index (χ2v) is 7.50. The summed E-state index contributed by atoms with van der Waals surface area (Å²) in [5.74, 6) is 0.103. The van der Waals surface area contributed by atoms with Crippen molar-refractivity contribution in [2.75, 3.05) is 13.1 Å². The number of nitrogens with zero attached hydrogens (tertiary/aromatic N) is 1. The number of amides is 1. The molecule has 1 unspecified atom stereocenters. The molecule has 1 fully saturated rings. The van der Waals surface area contributed by atoms with Crippen LogP contribution in [-0.2, 0) is 11.3 Å². The number of likely N-dealkylation sites (tertiary alicyclic amines) is 1. The van der Waals surface area contributed by atoms with Crippen molar-refractivity contribution >= 4 is 11.7 Å². The summed E-state index contributed by atoms with van der Waals surface area (Å²) in [4.78, 5) is 25.5. The fraction of sp³-hybridized carbons (Fsp3) is 0.364. The highest BCUT2D eigenvalue weighted by molar-refractivity contribution is 5.95. The molecule has 136 valence electrons. The van der Waals surface area contributed by atoms with E-state index in [2.05, 4.69) is 41.4 Å². The third-order valence-electron chi connectivity index (χ3n) is 5.02. The lowest BCUT2D eigenvalue weighted by Gasteiger charge is -2.26. The minimum Gasteiger partial charge on any atom is -0.350 e. The third kappa shape index (κ3) is 4.20. The Balaban J connectivity index is 1.82. The van der Waals surface area contributed by atoms with Crippen molar-refractivity contribution < 1.29 is 9.59 Å². The number of ketones is 1. The van der Waals surface area contributed by atoms with Gasteiger partial charge in [-0.05, 0) is 43.0 Å². The van der Waals surface area contributed by atoms with Crippen LogP contribution >= 0.6 is 0 Å². The molecular weight excluding hydrogens is 324 g/mol. The zero-order valence-electron chi connectivity index (χ0n) is 15.7. The van der Waals surface area contributed by atoms with E-state index in [1.54, 1.807) is 13.8 Å². The molecule has 0 radical (unpaired) electrons. The molecule has 26 heavy (non-hydrogen) atoms. The molecule has 0 bridgehead atoms. The van der Waals surface area contributed by atoms with Crippen LogP contribution in [0.15, 0.2) is 48.5 Å². The predicted molar refractivity (Wildman–Crippen MR) is 104 cm³/mol. The first-order chi connectivity index (χ1) is 12.4. The Hall–Kier alpha value is -2.46. The molecule has 0 saturated carbocycles. The Kier molecular flexibility index (Phi) is 5.23. The van der Waals surface area contributed by atoms with E-state index in [-0.39, 0.29) is 17.2 Å². The van der Waals surface area contributed by atoms with Gasteiger partial charge in [-0.1, -0.05) is 42.5 Å². The Morgan fingerprint density at radius 1 is 1.12 bits per heavy atom. The van der Waals surface area contributed by atoms with Crippen molar-refractivity contribution in [1.29, 1.82) is 0 Å². The maximum absolute atomic E-state index is 11.7. The summed E-state index contributed by atoms with van der Waals surface area (Å²) in [6.45, 7) is 7.91. The first kappa shape index (κ1) is 18.3. The minimum absolute atomic E-state index is 0.0239. The van der Waals surface area contributed by atoms with Crippen LogP contribution in [0, 0.1) is 0 Å². The van der Waals surface area contributed by atoms with Crippen molar-refractivity contribution in [3.8, 4) is 11.1 Å². The van der Waals surface area contributed by atoms with Crippen LogP contribution in [0.1, 0.15) is 43.1 Å². The van der Waals surface area contributed by atoms with Crippen molar-refractivity contribution in [1.82, 2.24) is 10.2 Å². The van der Waals surface area contributed by atoms with Crippen molar-refractivity contribution in [2.45, 2.75) is 39.3 Å². The third-order valence-corrected chi connectivity index (χ3v) is 5.02. The highest BCUT2D eigenvalue weighted by atomic mass is 16.1. The van der Waals surface area contributed by atoms with Gasteiger partial charge in [0.1, 0.15) is 0 Å². The smallest absolute Gasteiger partial charge is 0.217 e. The maximum Gasteiger partial charge on any atom is 0.217 e. The van der Waals surface area contributed by atoms with Crippen LogP contribution in [0.25, 0.3) is 11.1 Å². The highest BCUT2D eigenvalue weighted by Crippen LogP contribution is 2.28. The summed E-state index contributed by atoms with van der Waals surface area (Å²) < 4.78 is 0. The van der Waals surface area contributed by atoms with E-state index in [4.69, 9.17) is 0 Å². The second-order valence-electron chi connectivity index (χ2n) is 7.50. The van der Waals surface area contributed by atoms with Crippen LogP contribution in [-0.4, -0.2) is 35.2 Å². The molecule has 1 heterocycles.